The van der Waals surface area contributed by atoms with Gasteiger partial charge in [-0.1, -0.05) is 0 Å². The Balaban J connectivity index is 2.39. The molecule has 2 rings (SSSR count). The molecule has 0 spiro atoms. The molecule has 0 N–H and O–H groups in total. The Bertz CT molecular complexity index is 264. The number of hydrogen-bond donors (Lipinski definition) is 0. The van der Waals surface area contributed by atoms with E-state index in [1.54, 1.807) is 12.3 Å². The third kappa shape index (κ3) is 0.586. The number of aliphatic imine (C=N–C) groups is 2. The lowest BCUT2D eigenvalue weighted by molar-refractivity contribution is -0.122. The van der Waals surface area contributed by atoms with Crippen molar-refractivity contribution in [2.45, 2.75) is 0 Å². The van der Waals surface area contributed by atoms with Crippen molar-refractivity contribution in [3.63, 3.8) is 0 Å². The lowest BCUT2D eigenvalue weighted by Crippen LogP contribution is -2.31. The highest BCUT2D eigenvalue weighted by atomic mass is 16.2. The molecule has 4 heteroatoms. The summed E-state index contributed by atoms with van der Waals surface area (Å²) in [4.78, 5) is 20.1. The fraction of sp³-hybridized carbons (Fsp3) is 0.167. The zero-order valence-electron chi connectivity index (χ0n) is 5.19. The van der Waals surface area contributed by atoms with Crippen molar-refractivity contribution in [2.24, 2.45) is 9.98 Å². The molecule has 10 heavy (non-hydrogen) atoms. The smallest absolute Gasteiger partial charge is 0.255 e. The van der Waals surface area contributed by atoms with Crippen molar-refractivity contribution in [3.05, 3.63) is 12.3 Å². The first kappa shape index (κ1) is 5.34. The highest BCUT2D eigenvalue weighted by Crippen LogP contribution is 2.05. The second-order valence-electron chi connectivity index (χ2n) is 2.02. The zero-order chi connectivity index (χ0) is 6.97. The lowest BCUT2D eigenvalue weighted by atomic mass is 10.4. The molecule has 0 aromatic heterocycles. The Morgan fingerprint density at radius 3 is 3.30 bits per heavy atom. The van der Waals surface area contributed by atoms with Gasteiger partial charge in [-0.3, -0.25) is 14.7 Å². The third-order valence-corrected chi connectivity index (χ3v) is 1.38. The Morgan fingerprint density at radius 1 is 1.60 bits per heavy atom. The van der Waals surface area contributed by atoms with Crippen LogP contribution >= 0.6 is 0 Å². The molecule has 0 atom stereocenters. The molecule has 2 heterocycles. The fourth-order valence-corrected chi connectivity index (χ4v) is 0.900. The third-order valence-electron chi connectivity index (χ3n) is 1.38. The van der Waals surface area contributed by atoms with Gasteiger partial charge in [0.15, 0.2) is 0 Å². The number of carbonyl (C=O) groups is 1. The molecule has 0 bridgehead atoms. The van der Waals surface area contributed by atoms with Crippen molar-refractivity contribution in [1.82, 2.24) is 4.90 Å². The van der Waals surface area contributed by atoms with Crippen LogP contribution in [-0.2, 0) is 4.79 Å². The van der Waals surface area contributed by atoms with E-state index in [9.17, 15) is 4.79 Å². The number of carbonyl (C=O) groups excluding carboxylic acids is 1. The van der Waals surface area contributed by atoms with Gasteiger partial charge in [0.2, 0.25) is 0 Å². The van der Waals surface area contributed by atoms with Crippen LogP contribution in [0.1, 0.15) is 0 Å². The molecule has 0 fully saturated rings. The predicted octanol–water partition coefficient (Wildman–Crippen LogP) is -0.217. The van der Waals surface area contributed by atoms with Crippen molar-refractivity contribution in [2.75, 3.05) is 6.54 Å². The van der Waals surface area contributed by atoms with Crippen LogP contribution in [0.4, 0.5) is 0 Å². The van der Waals surface area contributed by atoms with Crippen LogP contribution in [0.15, 0.2) is 22.3 Å². The summed E-state index contributed by atoms with van der Waals surface area (Å²) in [6.45, 7) is 0.256. The minimum absolute atomic E-state index is 0.0110. The molecule has 0 aliphatic carbocycles. The van der Waals surface area contributed by atoms with Crippen LogP contribution in [0.3, 0.4) is 0 Å². The van der Waals surface area contributed by atoms with Gasteiger partial charge >= 0.3 is 0 Å². The van der Waals surface area contributed by atoms with Gasteiger partial charge in [0, 0.05) is 6.20 Å². The molecule has 4 nitrogen and oxygen atoms in total. The Kier molecular flexibility index (Phi) is 0.943. The van der Waals surface area contributed by atoms with Gasteiger partial charge in [-0.25, -0.2) is 4.99 Å². The maximum atomic E-state index is 10.9. The molecule has 0 unspecified atom stereocenters. The van der Waals surface area contributed by atoms with Crippen molar-refractivity contribution in [1.29, 1.82) is 0 Å². The quantitative estimate of drug-likeness (QED) is 0.453. The number of rotatable bonds is 0. The Morgan fingerprint density at radius 2 is 2.50 bits per heavy atom. The average molecular weight is 135 g/mol. The first-order chi connectivity index (χ1) is 4.88. The van der Waals surface area contributed by atoms with Crippen molar-refractivity contribution < 1.29 is 4.79 Å². The van der Waals surface area contributed by atoms with E-state index in [2.05, 4.69) is 9.98 Å². The Hall–Kier alpha value is -1.45. The van der Waals surface area contributed by atoms with Gasteiger partial charge < -0.3 is 0 Å². The summed E-state index contributed by atoms with van der Waals surface area (Å²) in [5.74, 6) is 0.683. The van der Waals surface area contributed by atoms with Crippen LogP contribution < -0.4 is 0 Å². The molecule has 0 saturated carbocycles. The molecule has 2 aliphatic heterocycles. The molecule has 0 saturated heterocycles. The van der Waals surface area contributed by atoms with Gasteiger partial charge in [-0.05, 0) is 6.08 Å². The highest BCUT2D eigenvalue weighted by Gasteiger charge is 2.22. The number of fused-ring (bicyclic) bond motifs is 1. The minimum Gasteiger partial charge on any atom is -0.272 e. The van der Waals surface area contributed by atoms with E-state index in [0.29, 0.717) is 5.84 Å². The second-order valence-corrected chi connectivity index (χ2v) is 2.02. The van der Waals surface area contributed by atoms with E-state index in [1.165, 1.54) is 11.2 Å². The van der Waals surface area contributed by atoms with Crippen LogP contribution in [0, 0.1) is 0 Å². The van der Waals surface area contributed by atoms with Gasteiger partial charge in [0.1, 0.15) is 18.7 Å². The van der Waals surface area contributed by atoms with E-state index in [0.717, 1.165) is 0 Å². The molecule has 0 radical (unpaired) electrons. The van der Waals surface area contributed by atoms with E-state index >= 15 is 0 Å². The van der Waals surface area contributed by atoms with Crippen molar-refractivity contribution >= 4 is 18.1 Å². The van der Waals surface area contributed by atoms with Crippen molar-refractivity contribution in [3.8, 4) is 0 Å². The summed E-state index contributed by atoms with van der Waals surface area (Å²) in [5.41, 5.74) is 0. The molecule has 0 aromatic rings. The van der Waals surface area contributed by atoms with Gasteiger partial charge in [0.05, 0.1) is 0 Å². The number of hydrogen-bond acceptors (Lipinski definition) is 3. The SMILES string of the molecule is O=C1CN=C2C=CN=CN12. The van der Waals surface area contributed by atoms with Crippen LogP contribution in [0.25, 0.3) is 0 Å². The maximum Gasteiger partial charge on any atom is 0.255 e. The summed E-state index contributed by atoms with van der Waals surface area (Å²) >= 11 is 0. The zero-order valence-corrected chi connectivity index (χ0v) is 5.19. The number of amidine groups is 1. The van der Waals surface area contributed by atoms with Gasteiger partial charge in [-0.15, -0.1) is 0 Å². The van der Waals surface area contributed by atoms with E-state index in [-0.39, 0.29) is 12.5 Å². The van der Waals surface area contributed by atoms with Crippen LogP contribution in [-0.4, -0.2) is 29.5 Å². The lowest BCUT2D eigenvalue weighted by Gasteiger charge is -2.10. The number of amides is 1. The molecule has 1 amide bonds. The van der Waals surface area contributed by atoms with E-state index in [1.807, 2.05) is 0 Å². The van der Waals surface area contributed by atoms with Crippen LogP contribution in [0.5, 0.6) is 0 Å². The molecule has 0 aromatic carbocycles. The standard InChI is InChI=1S/C6H5N3O/c10-6-3-8-5-1-2-7-4-9(5)6/h1-2,4H,3H2. The first-order valence-corrected chi connectivity index (χ1v) is 2.94. The monoisotopic (exact) mass is 135 g/mol. The summed E-state index contributed by atoms with van der Waals surface area (Å²) in [6.07, 6.45) is 4.81. The average Bonchev–Trinajstić information content (AvgIpc) is 2.34. The predicted molar refractivity (Wildman–Crippen MR) is 36.8 cm³/mol. The van der Waals surface area contributed by atoms with E-state index < -0.39 is 0 Å². The van der Waals surface area contributed by atoms with Crippen LogP contribution in [0.2, 0.25) is 0 Å². The molecular formula is C6H5N3O. The highest BCUT2D eigenvalue weighted by molar-refractivity contribution is 6.17. The summed E-state index contributed by atoms with van der Waals surface area (Å²) in [5, 5.41) is 0. The van der Waals surface area contributed by atoms with E-state index in [4.69, 9.17) is 0 Å². The van der Waals surface area contributed by atoms with Gasteiger partial charge in [-0.2, -0.15) is 0 Å². The topological polar surface area (TPSA) is 45.0 Å². The second kappa shape index (κ2) is 1.76. The van der Waals surface area contributed by atoms with Gasteiger partial charge in [0.25, 0.3) is 5.91 Å². The molecule has 2 aliphatic rings. The first-order valence-electron chi connectivity index (χ1n) is 2.94. The molecule has 50 valence electrons. The Labute approximate surface area is 57.6 Å². The number of nitrogens with zero attached hydrogens (tertiary/aromatic N) is 3. The fourth-order valence-electron chi connectivity index (χ4n) is 0.900. The summed E-state index contributed by atoms with van der Waals surface area (Å²) in [7, 11) is 0. The largest absolute Gasteiger partial charge is 0.272 e. The molecular weight excluding hydrogens is 130 g/mol. The maximum absolute atomic E-state index is 10.9. The minimum atomic E-state index is -0.0110. The summed E-state index contributed by atoms with van der Waals surface area (Å²) < 4.78 is 0. The normalized spacial score (nSPS) is 21.4. The summed E-state index contributed by atoms with van der Waals surface area (Å²) in [6, 6.07) is 0.